The quantitative estimate of drug-likeness (QED) is 0.327. The lowest BCUT2D eigenvalue weighted by Gasteiger charge is -2.42. The topological polar surface area (TPSA) is 149 Å². The van der Waals surface area contributed by atoms with Crippen molar-refractivity contribution in [3.8, 4) is 0 Å². The standard InChI is InChI=1S/C15H24O9/c1-14(20)2-3-15(21)4-5-22-13(11(14)15)23-6-7-8(16)9(17)10(18)12(19)24-7/h4-5,7-13,16-21H,2-3,6H2,1H3. The Labute approximate surface area is 138 Å². The van der Waals surface area contributed by atoms with E-state index in [-0.39, 0.29) is 6.61 Å². The normalized spacial score (nSPS) is 54.4. The molecule has 2 aliphatic heterocycles. The van der Waals surface area contributed by atoms with Crippen molar-refractivity contribution in [3.63, 3.8) is 0 Å². The van der Waals surface area contributed by atoms with Gasteiger partial charge in [0.05, 0.1) is 30.0 Å². The number of rotatable bonds is 3. The molecule has 0 radical (unpaired) electrons. The van der Waals surface area contributed by atoms with E-state index >= 15 is 0 Å². The fraction of sp³-hybridized carbons (Fsp3) is 0.867. The van der Waals surface area contributed by atoms with Gasteiger partial charge in [0.15, 0.2) is 6.29 Å². The summed E-state index contributed by atoms with van der Waals surface area (Å²) in [6.07, 6.45) is -4.91. The van der Waals surface area contributed by atoms with E-state index in [0.29, 0.717) is 12.8 Å². The molecule has 3 rings (SSSR count). The van der Waals surface area contributed by atoms with Gasteiger partial charge in [0.2, 0.25) is 6.29 Å². The Balaban J connectivity index is 1.67. The molecule has 0 spiro atoms. The molecule has 3 aliphatic rings. The average Bonchev–Trinajstić information content (AvgIpc) is 2.78. The van der Waals surface area contributed by atoms with Gasteiger partial charge in [-0.25, -0.2) is 0 Å². The van der Waals surface area contributed by atoms with E-state index in [1.54, 1.807) is 6.92 Å². The molecule has 0 aromatic carbocycles. The minimum absolute atomic E-state index is 0.275. The van der Waals surface area contributed by atoms with E-state index in [0.717, 1.165) is 0 Å². The van der Waals surface area contributed by atoms with Crippen molar-refractivity contribution < 1.29 is 44.8 Å². The van der Waals surface area contributed by atoms with Crippen LogP contribution in [0.5, 0.6) is 0 Å². The minimum atomic E-state index is -1.66. The van der Waals surface area contributed by atoms with Crippen LogP contribution < -0.4 is 0 Å². The number of ether oxygens (including phenoxy) is 3. The Morgan fingerprint density at radius 3 is 2.50 bits per heavy atom. The maximum Gasteiger partial charge on any atom is 0.207 e. The Hall–Kier alpha value is -0.780. The third-order valence-electron chi connectivity index (χ3n) is 5.19. The molecule has 6 N–H and O–H groups in total. The zero-order valence-corrected chi connectivity index (χ0v) is 13.2. The zero-order chi connectivity index (χ0) is 17.7. The zero-order valence-electron chi connectivity index (χ0n) is 13.2. The number of hydrogen-bond donors (Lipinski definition) is 6. The SMILES string of the molecule is CC1(O)CCC2(O)C=COC(OCC3OC(O)C(O)C(O)C3O)C12. The number of aliphatic hydroxyl groups excluding tert-OH is 4. The first-order chi connectivity index (χ1) is 11.2. The largest absolute Gasteiger partial charge is 0.472 e. The van der Waals surface area contributed by atoms with Gasteiger partial charge in [0.1, 0.15) is 24.4 Å². The lowest BCUT2D eigenvalue weighted by atomic mass is 9.82. The number of aliphatic hydroxyl groups is 6. The Morgan fingerprint density at radius 1 is 1.08 bits per heavy atom. The van der Waals surface area contributed by atoms with E-state index in [1.807, 2.05) is 0 Å². The number of fused-ring (bicyclic) bond motifs is 1. The predicted octanol–water partition coefficient (Wildman–Crippen LogP) is -2.43. The van der Waals surface area contributed by atoms with Crippen LogP contribution in [-0.2, 0) is 14.2 Å². The summed E-state index contributed by atoms with van der Waals surface area (Å²) in [6, 6.07) is 0. The summed E-state index contributed by atoms with van der Waals surface area (Å²) >= 11 is 0. The molecule has 1 saturated heterocycles. The summed E-state index contributed by atoms with van der Waals surface area (Å²) in [7, 11) is 0. The molecule has 1 aliphatic carbocycles. The van der Waals surface area contributed by atoms with E-state index in [2.05, 4.69) is 0 Å². The van der Waals surface area contributed by atoms with Crippen LogP contribution in [0.1, 0.15) is 19.8 Å². The van der Waals surface area contributed by atoms with Gasteiger partial charge in [-0.15, -0.1) is 0 Å². The van der Waals surface area contributed by atoms with Crippen LogP contribution in [-0.4, -0.2) is 85.4 Å². The highest BCUT2D eigenvalue weighted by atomic mass is 16.7. The van der Waals surface area contributed by atoms with Gasteiger partial charge in [-0.05, 0) is 25.8 Å². The van der Waals surface area contributed by atoms with E-state index < -0.39 is 54.1 Å². The lowest BCUT2D eigenvalue weighted by molar-refractivity contribution is -0.302. The summed E-state index contributed by atoms with van der Waals surface area (Å²) in [5.41, 5.74) is -2.46. The van der Waals surface area contributed by atoms with Crippen molar-refractivity contribution >= 4 is 0 Å². The van der Waals surface area contributed by atoms with E-state index in [4.69, 9.17) is 14.2 Å². The van der Waals surface area contributed by atoms with Gasteiger partial charge < -0.3 is 44.8 Å². The monoisotopic (exact) mass is 348 g/mol. The van der Waals surface area contributed by atoms with Crippen LogP contribution in [0.3, 0.4) is 0 Å². The molecule has 9 nitrogen and oxygen atoms in total. The Morgan fingerprint density at radius 2 is 1.79 bits per heavy atom. The van der Waals surface area contributed by atoms with Gasteiger partial charge in [0, 0.05) is 0 Å². The molecule has 0 aromatic heterocycles. The number of hydrogen-bond acceptors (Lipinski definition) is 9. The molecular weight excluding hydrogens is 324 g/mol. The molecule has 0 amide bonds. The Kier molecular flexibility index (Phi) is 4.65. The third kappa shape index (κ3) is 2.95. The van der Waals surface area contributed by atoms with Gasteiger partial charge in [0.25, 0.3) is 0 Å². The predicted molar refractivity (Wildman–Crippen MR) is 77.2 cm³/mol. The van der Waals surface area contributed by atoms with Crippen LogP contribution >= 0.6 is 0 Å². The molecule has 2 fully saturated rings. The van der Waals surface area contributed by atoms with Crippen molar-refractivity contribution in [1.82, 2.24) is 0 Å². The van der Waals surface area contributed by atoms with Crippen LogP contribution in [0.4, 0.5) is 0 Å². The van der Waals surface area contributed by atoms with Crippen molar-refractivity contribution in [1.29, 1.82) is 0 Å². The summed E-state index contributed by atoms with van der Waals surface area (Å²) in [4.78, 5) is 0. The summed E-state index contributed by atoms with van der Waals surface area (Å²) in [5.74, 6) is -0.740. The van der Waals surface area contributed by atoms with Crippen molar-refractivity contribution in [2.45, 2.75) is 68.0 Å². The molecule has 2 heterocycles. The molecule has 0 aromatic rings. The summed E-state index contributed by atoms with van der Waals surface area (Å²) in [5, 5.41) is 59.7. The van der Waals surface area contributed by atoms with Gasteiger partial charge in [-0.1, -0.05) is 0 Å². The highest BCUT2D eigenvalue weighted by molar-refractivity contribution is 5.16. The van der Waals surface area contributed by atoms with E-state index in [1.165, 1.54) is 12.3 Å². The van der Waals surface area contributed by atoms with Gasteiger partial charge >= 0.3 is 0 Å². The fourth-order valence-electron chi connectivity index (χ4n) is 3.73. The van der Waals surface area contributed by atoms with Gasteiger partial charge in [-0.2, -0.15) is 0 Å². The van der Waals surface area contributed by atoms with Crippen molar-refractivity contribution in [2.75, 3.05) is 6.61 Å². The highest BCUT2D eigenvalue weighted by Crippen LogP contribution is 2.48. The molecule has 24 heavy (non-hydrogen) atoms. The Bertz CT molecular complexity index is 495. The second kappa shape index (κ2) is 6.19. The van der Waals surface area contributed by atoms with E-state index in [9.17, 15) is 30.6 Å². The molecule has 9 heteroatoms. The minimum Gasteiger partial charge on any atom is -0.472 e. The third-order valence-corrected chi connectivity index (χ3v) is 5.19. The first kappa shape index (κ1) is 18.0. The fourth-order valence-corrected chi connectivity index (χ4v) is 3.73. The molecule has 0 bridgehead atoms. The molecule has 9 unspecified atom stereocenters. The van der Waals surface area contributed by atoms with Crippen LogP contribution in [0.15, 0.2) is 12.3 Å². The molecule has 138 valence electrons. The first-order valence-electron chi connectivity index (χ1n) is 7.93. The van der Waals surface area contributed by atoms with Crippen LogP contribution in [0.2, 0.25) is 0 Å². The smallest absolute Gasteiger partial charge is 0.207 e. The molecular formula is C15H24O9. The molecule has 1 saturated carbocycles. The summed E-state index contributed by atoms with van der Waals surface area (Å²) < 4.78 is 15.9. The van der Waals surface area contributed by atoms with Crippen molar-refractivity contribution in [3.05, 3.63) is 12.3 Å². The average molecular weight is 348 g/mol. The lowest BCUT2D eigenvalue weighted by Crippen LogP contribution is -2.59. The maximum atomic E-state index is 10.6. The van der Waals surface area contributed by atoms with Crippen LogP contribution in [0, 0.1) is 5.92 Å². The highest BCUT2D eigenvalue weighted by Gasteiger charge is 2.58. The summed E-state index contributed by atoms with van der Waals surface area (Å²) in [6.45, 7) is 1.31. The van der Waals surface area contributed by atoms with Crippen LogP contribution in [0.25, 0.3) is 0 Å². The van der Waals surface area contributed by atoms with Gasteiger partial charge in [-0.3, -0.25) is 0 Å². The van der Waals surface area contributed by atoms with Crippen molar-refractivity contribution in [2.24, 2.45) is 5.92 Å². The second-order valence-corrected chi connectivity index (χ2v) is 7.00. The maximum absolute atomic E-state index is 10.6. The molecule has 9 atom stereocenters. The first-order valence-corrected chi connectivity index (χ1v) is 7.93. The second-order valence-electron chi connectivity index (χ2n) is 7.00.